The summed E-state index contributed by atoms with van der Waals surface area (Å²) < 4.78 is 2.42. The van der Waals surface area contributed by atoms with E-state index in [-0.39, 0.29) is 0 Å². The van der Waals surface area contributed by atoms with Crippen LogP contribution in [0.3, 0.4) is 0 Å². The summed E-state index contributed by atoms with van der Waals surface area (Å²) in [6.07, 6.45) is 5.39. The van der Waals surface area contributed by atoms with Crippen molar-refractivity contribution in [2.24, 2.45) is 0 Å². The molecule has 2 heterocycles. The minimum atomic E-state index is 0.529. The fourth-order valence-electron chi connectivity index (χ4n) is 8.83. The summed E-state index contributed by atoms with van der Waals surface area (Å²) in [5, 5.41) is 10.2. The van der Waals surface area contributed by atoms with E-state index >= 15 is 0 Å². The average molecular weight is 783 g/mol. The number of para-hydroxylation sites is 1. The molecular formula is C57H42N4. The third kappa shape index (κ3) is 6.37. The maximum absolute atomic E-state index is 5.19. The van der Waals surface area contributed by atoms with Crippen molar-refractivity contribution in [1.82, 2.24) is 19.5 Å². The molecule has 9 aromatic carbocycles. The topological polar surface area (TPSA) is 43.6 Å². The summed E-state index contributed by atoms with van der Waals surface area (Å²) in [6, 6.07) is 62.7. The van der Waals surface area contributed by atoms with Crippen LogP contribution in [0.5, 0.6) is 0 Å². The van der Waals surface area contributed by atoms with Crippen molar-refractivity contribution in [2.45, 2.75) is 13.8 Å². The van der Waals surface area contributed by atoms with Gasteiger partial charge in [-0.1, -0.05) is 173 Å². The lowest BCUT2D eigenvalue weighted by molar-refractivity contribution is 1.04. The molecule has 0 saturated carbocycles. The van der Waals surface area contributed by atoms with Gasteiger partial charge in [-0.3, -0.25) is 0 Å². The largest absolute Gasteiger partial charge is 0.309 e. The summed E-state index contributed by atoms with van der Waals surface area (Å²) in [4.78, 5) is 15.3. The smallest absolute Gasteiger partial charge is 0.164 e. The van der Waals surface area contributed by atoms with E-state index in [1.165, 1.54) is 48.6 Å². The van der Waals surface area contributed by atoms with Crippen LogP contribution in [0.25, 0.3) is 110 Å². The SMILES string of the molecule is C=C/C=C(\C=C)c1nc(-c2ccc(-n3c4ccccc4c4c5cccc6ccc7cccc(c7c65)c43)cc2)nc(-c2cc(-c3ccccc3)cc(-c3ccccc3)c2)n1.CC. The van der Waals surface area contributed by atoms with Crippen molar-refractivity contribution in [1.29, 1.82) is 0 Å². The van der Waals surface area contributed by atoms with Gasteiger partial charge in [-0.2, -0.15) is 0 Å². The first-order valence-electron chi connectivity index (χ1n) is 20.8. The Bertz CT molecular complexity index is 3390. The lowest BCUT2D eigenvalue weighted by Crippen LogP contribution is -2.03. The molecule has 61 heavy (non-hydrogen) atoms. The predicted octanol–water partition coefficient (Wildman–Crippen LogP) is 15.3. The van der Waals surface area contributed by atoms with Crippen LogP contribution in [-0.2, 0) is 0 Å². The van der Waals surface area contributed by atoms with Crippen molar-refractivity contribution in [3.05, 3.63) is 213 Å². The average Bonchev–Trinajstić information content (AvgIpc) is 3.69. The number of nitrogens with zero attached hydrogens (tertiary/aromatic N) is 4. The number of hydrogen-bond acceptors (Lipinski definition) is 3. The number of fused-ring (bicyclic) bond motifs is 5. The number of aromatic nitrogens is 4. The molecule has 0 saturated heterocycles. The maximum atomic E-state index is 5.19. The second-order valence-electron chi connectivity index (χ2n) is 14.9. The quantitative estimate of drug-likeness (QED) is 0.114. The molecule has 0 unspecified atom stereocenters. The van der Waals surface area contributed by atoms with Crippen LogP contribution >= 0.6 is 0 Å². The number of benzene rings is 9. The van der Waals surface area contributed by atoms with Gasteiger partial charge in [-0.05, 0) is 97.7 Å². The Labute approximate surface area is 355 Å². The summed E-state index contributed by atoms with van der Waals surface area (Å²) >= 11 is 0. The molecule has 0 N–H and O–H groups in total. The van der Waals surface area contributed by atoms with Crippen LogP contribution in [0.15, 0.2) is 207 Å². The molecule has 0 radical (unpaired) electrons. The Balaban J connectivity index is 0.00000220. The van der Waals surface area contributed by atoms with Crippen LogP contribution in [0.1, 0.15) is 19.7 Å². The predicted molar refractivity (Wildman–Crippen MR) is 259 cm³/mol. The Hall–Kier alpha value is -7.95. The maximum Gasteiger partial charge on any atom is 0.164 e. The molecule has 0 amide bonds. The van der Waals surface area contributed by atoms with E-state index in [9.17, 15) is 0 Å². The number of hydrogen-bond donors (Lipinski definition) is 0. The van der Waals surface area contributed by atoms with Gasteiger partial charge in [0.05, 0.1) is 11.0 Å². The van der Waals surface area contributed by atoms with Crippen molar-refractivity contribution < 1.29 is 0 Å². The second-order valence-corrected chi connectivity index (χ2v) is 14.9. The molecule has 2 aromatic heterocycles. The molecule has 0 aliphatic heterocycles. The van der Waals surface area contributed by atoms with Crippen LogP contribution < -0.4 is 0 Å². The molecule has 4 nitrogen and oxygen atoms in total. The molecular weight excluding hydrogens is 741 g/mol. The summed E-state index contributed by atoms with van der Waals surface area (Å²) in [6.45, 7) is 12.0. The van der Waals surface area contributed by atoms with Crippen LogP contribution in [-0.4, -0.2) is 19.5 Å². The summed E-state index contributed by atoms with van der Waals surface area (Å²) in [5.74, 6) is 1.68. The minimum Gasteiger partial charge on any atom is -0.309 e. The Morgan fingerprint density at radius 2 is 1.00 bits per heavy atom. The zero-order valence-corrected chi connectivity index (χ0v) is 34.2. The molecule has 0 bridgehead atoms. The molecule has 0 fully saturated rings. The van der Waals surface area contributed by atoms with E-state index < -0.39 is 0 Å². The standard InChI is InChI=1S/C55H36N4.C2H6/c1-3-15-35(4-2)53-56-54(58-55(57-53)43-33-41(36-16-7-5-8-17-36)32-42(34-43)37-18-9-6-10-19-37)40-28-30-44(31-29-40)59-48-25-12-11-22-45(48)51-46-23-13-20-38-26-27-39-21-14-24-47(52(51)59)50(39)49(38)46;1-2/h3-34H,1-2H2;1-2H3/b35-15+;. The third-order valence-corrected chi connectivity index (χ3v) is 11.5. The fraction of sp³-hybridized carbons (Fsp3) is 0.0351. The van der Waals surface area contributed by atoms with E-state index in [0.717, 1.165) is 50.2 Å². The number of allylic oxidation sites excluding steroid dienone is 4. The highest BCUT2D eigenvalue weighted by atomic mass is 15.0. The highest BCUT2D eigenvalue weighted by Gasteiger charge is 2.21. The Kier molecular flexibility index (Phi) is 9.59. The number of rotatable bonds is 8. The first-order chi connectivity index (χ1) is 30.2. The van der Waals surface area contributed by atoms with Gasteiger partial charge >= 0.3 is 0 Å². The van der Waals surface area contributed by atoms with Crippen LogP contribution in [0.2, 0.25) is 0 Å². The van der Waals surface area contributed by atoms with E-state index in [0.29, 0.717) is 17.5 Å². The minimum absolute atomic E-state index is 0.529. The first-order valence-corrected chi connectivity index (χ1v) is 20.8. The van der Waals surface area contributed by atoms with Crippen molar-refractivity contribution in [2.75, 3.05) is 0 Å². The summed E-state index contributed by atoms with van der Waals surface area (Å²) in [7, 11) is 0. The molecule has 11 rings (SSSR count). The molecule has 0 atom stereocenters. The van der Waals surface area contributed by atoms with Crippen LogP contribution in [0.4, 0.5) is 0 Å². The highest BCUT2D eigenvalue weighted by molar-refractivity contribution is 6.37. The lowest BCUT2D eigenvalue weighted by atomic mass is 9.91. The molecule has 0 aliphatic carbocycles. The fourth-order valence-corrected chi connectivity index (χ4v) is 8.83. The van der Waals surface area contributed by atoms with Gasteiger partial charge in [-0.15, -0.1) is 0 Å². The molecule has 11 aromatic rings. The van der Waals surface area contributed by atoms with Crippen molar-refractivity contribution in [3.63, 3.8) is 0 Å². The van der Waals surface area contributed by atoms with E-state index in [2.05, 4.69) is 182 Å². The molecule has 0 aliphatic rings. The Morgan fingerprint density at radius 3 is 1.62 bits per heavy atom. The van der Waals surface area contributed by atoms with E-state index in [1.54, 1.807) is 12.2 Å². The lowest BCUT2D eigenvalue weighted by Gasteiger charge is -2.15. The second kappa shape index (κ2) is 15.7. The van der Waals surface area contributed by atoms with E-state index in [1.807, 2.05) is 32.1 Å². The Morgan fingerprint density at radius 1 is 0.459 bits per heavy atom. The van der Waals surface area contributed by atoms with Gasteiger partial charge in [0.1, 0.15) is 0 Å². The summed E-state index contributed by atoms with van der Waals surface area (Å²) in [5.41, 5.74) is 10.4. The van der Waals surface area contributed by atoms with Gasteiger partial charge < -0.3 is 4.57 Å². The van der Waals surface area contributed by atoms with Gasteiger partial charge in [0, 0.05) is 38.5 Å². The molecule has 4 heteroatoms. The van der Waals surface area contributed by atoms with Gasteiger partial charge in [0.25, 0.3) is 0 Å². The van der Waals surface area contributed by atoms with Crippen LogP contribution in [0, 0.1) is 0 Å². The highest BCUT2D eigenvalue weighted by Crippen LogP contribution is 2.45. The first kappa shape index (κ1) is 37.3. The third-order valence-electron chi connectivity index (χ3n) is 11.5. The normalized spacial score (nSPS) is 11.7. The van der Waals surface area contributed by atoms with Gasteiger partial charge in [-0.25, -0.2) is 15.0 Å². The van der Waals surface area contributed by atoms with Crippen molar-refractivity contribution >= 4 is 59.7 Å². The van der Waals surface area contributed by atoms with Gasteiger partial charge in [0.2, 0.25) is 0 Å². The molecule has 0 spiro atoms. The zero-order chi connectivity index (χ0) is 41.5. The monoisotopic (exact) mass is 782 g/mol. The zero-order valence-electron chi connectivity index (χ0n) is 34.2. The van der Waals surface area contributed by atoms with Gasteiger partial charge in [0.15, 0.2) is 17.5 Å². The van der Waals surface area contributed by atoms with Crippen molar-refractivity contribution in [3.8, 4) is 50.7 Å². The molecule has 290 valence electrons. The van der Waals surface area contributed by atoms with E-state index in [4.69, 9.17) is 15.0 Å².